The Balaban J connectivity index is 1.97. The molecule has 0 amide bonds. The molecule has 0 heterocycles. The van der Waals surface area contributed by atoms with Crippen LogP contribution >= 0.6 is 0 Å². The first kappa shape index (κ1) is 7.80. The number of hydrogen-bond acceptors (Lipinski definition) is 1. The molecule has 0 radical (unpaired) electrons. The highest BCUT2D eigenvalue weighted by molar-refractivity contribution is 5.00. The maximum atomic E-state index is 3.50. The van der Waals surface area contributed by atoms with E-state index in [1.165, 1.54) is 32.2 Å². The largest absolute Gasteiger partial charge is 0.311 e. The van der Waals surface area contributed by atoms with Gasteiger partial charge < -0.3 is 5.32 Å². The second kappa shape index (κ2) is 4.51. The number of allylic oxidation sites excluding steroid dienone is 1. The first-order valence-electron chi connectivity index (χ1n) is 4.33. The molecule has 0 saturated carbocycles. The summed E-state index contributed by atoms with van der Waals surface area (Å²) in [6.07, 6.45) is 9.74. The van der Waals surface area contributed by atoms with Crippen molar-refractivity contribution in [1.82, 2.24) is 5.32 Å². The Bertz CT molecular complexity index is 107. The molecule has 1 atom stereocenters. The van der Waals surface area contributed by atoms with Crippen LogP contribution in [0.15, 0.2) is 12.2 Å². The molecule has 1 aliphatic carbocycles. The van der Waals surface area contributed by atoms with Crippen LogP contribution in [0.1, 0.15) is 32.6 Å². The van der Waals surface area contributed by atoms with Crippen LogP contribution in [0.25, 0.3) is 0 Å². The second-order valence-electron chi connectivity index (χ2n) is 2.92. The average molecular weight is 139 g/mol. The van der Waals surface area contributed by atoms with Gasteiger partial charge in [-0.15, -0.1) is 0 Å². The SMILES string of the molecule is CCCCNC1C=CCC1. The molecule has 1 aliphatic rings. The van der Waals surface area contributed by atoms with Crippen molar-refractivity contribution >= 4 is 0 Å². The molecule has 0 spiro atoms. The van der Waals surface area contributed by atoms with E-state index in [4.69, 9.17) is 0 Å². The molecule has 58 valence electrons. The van der Waals surface area contributed by atoms with Crippen LogP contribution in [0.3, 0.4) is 0 Å². The minimum Gasteiger partial charge on any atom is -0.311 e. The van der Waals surface area contributed by atoms with E-state index >= 15 is 0 Å². The summed E-state index contributed by atoms with van der Waals surface area (Å²) in [5, 5.41) is 3.50. The molecule has 1 rings (SSSR count). The molecule has 0 aromatic rings. The van der Waals surface area contributed by atoms with Crippen LogP contribution in [-0.2, 0) is 0 Å². The van der Waals surface area contributed by atoms with Crippen molar-refractivity contribution in [2.45, 2.75) is 38.6 Å². The predicted octanol–water partition coefficient (Wildman–Crippen LogP) is 2.09. The maximum Gasteiger partial charge on any atom is 0.0252 e. The van der Waals surface area contributed by atoms with Gasteiger partial charge in [0.05, 0.1) is 0 Å². The lowest BCUT2D eigenvalue weighted by molar-refractivity contribution is 0.562. The fraction of sp³-hybridized carbons (Fsp3) is 0.778. The molecule has 1 N–H and O–H groups in total. The van der Waals surface area contributed by atoms with Gasteiger partial charge in [-0.05, 0) is 25.8 Å². The maximum absolute atomic E-state index is 3.50. The molecule has 1 heteroatoms. The van der Waals surface area contributed by atoms with E-state index in [1.54, 1.807) is 0 Å². The van der Waals surface area contributed by atoms with Gasteiger partial charge in [0.25, 0.3) is 0 Å². The first-order chi connectivity index (χ1) is 4.93. The van der Waals surface area contributed by atoms with Crippen molar-refractivity contribution in [3.05, 3.63) is 12.2 Å². The smallest absolute Gasteiger partial charge is 0.0252 e. The van der Waals surface area contributed by atoms with Crippen LogP contribution in [-0.4, -0.2) is 12.6 Å². The molecule has 0 aromatic heterocycles. The number of nitrogens with one attached hydrogen (secondary N) is 1. The third kappa shape index (κ3) is 2.53. The minimum atomic E-state index is 0.687. The Morgan fingerprint density at radius 1 is 1.60 bits per heavy atom. The topological polar surface area (TPSA) is 12.0 Å². The normalized spacial score (nSPS) is 23.9. The van der Waals surface area contributed by atoms with Crippen molar-refractivity contribution in [1.29, 1.82) is 0 Å². The van der Waals surface area contributed by atoms with Crippen molar-refractivity contribution in [3.63, 3.8) is 0 Å². The molecular weight excluding hydrogens is 122 g/mol. The number of hydrogen-bond donors (Lipinski definition) is 1. The summed E-state index contributed by atoms with van der Waals surface area (Å²) in [5.74, 6) is 0. The van der Waals surface area contributed by atoms with Gasteiger partial charge in [-0.25, -0.2) is 0 Å². The highest BCUT2D eigenvalue weighted by Gasteiger charge is 2.05. The monoisotopic (exact) mass is 139 g/mol. The van der Waals surface area contributed by atoms with Gasteiger partial charge in [0, 0.05) is 6.04 Å². The zero-order chi connectivity index (χ0) is 7.23. The van der Waals surface area contributed by atoms with Gasteiger partial charge in [0.2, 0.25) is 0 Å². The van der Waals surface area contributed by atoms with E-state index in [0.29, 0.717) is 6.04 Å². The summed E-state index contributed by atoms with van der Waals surface area (Å²) in [7, 11) is 0. The molecule has 0 aromatic carbocycles. The van der Waals surface area contributed by atoms with Crippen molar-refractivity contribution < 1.29 is 0 Å². The van der Waals surface area contributed by atoms with E-state index in [2.05, 4.69) is 24.4 Å². The van der Waals surface area contributed by atoms with E-state index in [9.17, 15) is 0 Å². The van der Waals surface area contributed by atoms with Gasteiger partial charge in [-0.2, -0.15) is 0 Å². The summed E-state index contributed by atoms with van der Waals surface area (Å²) >= 11 is 0. The fourth-order valence-electron chi connectivity index (χ4n) is 1.27. The van der Waals surface area contributed by atoms with Gasteiger partial charge in [-0.1, -0.05) is 25.5 Å². The van der Waals surface area contributed by atoms with Crippen molar-refractivity contribution in [2.24, 2.45) is 0 Å². The third-order valence-electron chi connectivity index (χ3n) is 1.95. The Hall–Kier alpha value is -0.300. The fourth-order valence-corrected chi connectivity index (χ4v) is 1.27. The zero-order valence-electron chi connectivity index (χ0n) is 6.77. The van der Waals surface area contributed by atoms with Crippen molar-refractivity contribution in [3.8, 4) is 0 Å². The summed E-state index contributed by atoms with van der Waals surface area (Å²) in [6, 6.07) is 0.687. The molecule has 0 fully saturated rings. The number of unbranched alkanes of at least 4 members (excludes halogenated alkanes) is 1. The summed E-state index contributed by atoms with van der Waals surface area (Å²) < 4.78 is 0. The molecular formula is C9H17N. The van der Waals surface area contributed by atoms with Gasteiger partial charge in [-0.3, -0.25) is 0 Å². The predicted molar refractivity (Wildman–Crippen MR) is 45.1 cm³/mol. The quantitative estimate of drug-likeness (QED) is 0.464. The van der Waals surface area contributed by atoms with Gasteiger partial charge in [0.1, 0.15) is 0 Å². The Kier molecular flexibility index (Phi) is 3.52. The Morgan fingerprint density at radius 2 is 2.50 bits per heavy atom. The lowest BCUT2D eigenvalue weighted by Gasteiger charge is -2.08. The standard InChI is InChI=1S/C9H17N/c1-2-3-8-10-9-6-4-5-7-9/h4,6,9-10H,2-3,5,7-8H2,1H3. The zero-order valence-corrected chi connectivity index (χ0v) is 6.77. The Morgan fingerprint density at radius 3 is 3.10 bits per heavy atom. The third-order valence-corrected chi connectivity index (χ3v) is 1.95. The van der Waals surface area contributed by atoms with E-state index < -0.39 is 0 Å². The summed E-state index contributed by atoms with van der Waals surface area (Å²) in [5.41, 5.74) is 0. The summed E-state index contributed by atoms with van der Waals surface area (Å²) in [4.78, 5) is 0. The van der Waals surface area contributed by atoms with E-state index in [1.807, 2.05) is 0 Å². The van der Waals surface area contributed by atoms with E-state index in [-0.39, 0.29) is 0 Å². The molecule has 1 unspecified atom stereocenters. The van der Waals surface area contributed by atoms with Crippen LogP contribution in [0.4, 0.5) is 0 Å². The van der Waals surface area contributed by atoms with Crippen LogP contribution in [0, 0.1) is 0 Å². The minimum absolute atomic E-state index is 0.687. The molecule has 1 nitrogen and oxygen atoms in total. The highest BCUT2D eigenvalue weighted by Crippen LogP contribution is 2.08. The van der Waals surface area contributed by atoms with Crippen LogP contribution < -0.4 is 5.32 Å². The lowest BCUT2D eigenvalue weighted by atomic mass is 10.2. The second-order valence-corrected chi connectivity index (χ2v) is 2.92. The van der Waals surface area contributed by atoms with Crippen molar-refractivity contribution in [2.75, 3.05) is 6.54 Å². The average Bonchev–Trinajstić information content (AvgIpc) is 2.41. The molecule has 0 aliphatic heterocycles. The summed E-state index contributed by atoms with van der Waals surface area (Å²) in [6.45, 7) is 3.41. The van der Waals surface area contributed by atoms with Crippen LogP contribution in [0.2, 0.25) is 0 Å². The molecule has 10 heavy (non-hydrogen) atoms. The lowest BCUT2D eigenvalue weighted by Crippen LogP contribution is -2.25. The van der Waals surface area contributed by atoms with Gasteiger partial charge >= 0.3 is 0 Å². The molecule has 0 saturated heterocycles. The van der Waals surface area contributed by atoms with Crippen LogP contribution in [0.5, 0.6) is 0 Å². The van der Waals surface area contributed by atoms with E-state index in [0.717, 1.165) is 0 Å². The highest BCUT2D eigenvalue weighted by atomic mass is 14.9. The first-order valence-corrected chi connectivity index (χ1v) is 4.33. The molecule has 0 bridgehead atoms. The Labute approximate surface area is 63.5 Å². The van der Waals surface area contributed by atoms with Gasteiger partial charge in [0.15, 0.2) is 0 Å². The number of rotatable bonds is 4.